The first kappa shape index (κ1) is 41.9. The maximum atomic E-state index is 15.2. The first-order chi connectivity index (χ1) is 26.6. The fourth-order valence-corrected chi connectivity index (χ4v) is 9.43. The molecular weight excluding hydrogens is 779 g/mol. The number of carbonyl (C=O) groups is 4. The van der Waals surface area contributed by atoms with Crippen LogP contribution in [0.4, 0.5) is 22.4 Å². The first-order valence-electron chi connectivity index (χ1n) is 18.8. The van der Waals surface area contributed by atoms with Crippen molar-refractivity contribution >= 4 is 44.6 Å². The zero-order valence-corrected chi connectivity index (χ0v) is 33.0. The van der Waals surface area contributed by atoms with Crippen molar-refractivity contribution in [1.82, 2.24) is 24.8 Å². The molecule has 1 saturated heterocycles. The highest BCUT2D eigenvalue weighted by Gasteiger charge is 2.63. The molecule has 2 aliphatic heterocycles. The lowest BCUT2D eigenvalue weighted by Gasteiger charge is -2.45. The van der Waals surface area contributed by atoms with Crippen molar-refractivity contribution in [3.8, 4) is 11.6 Å². The van der Waals surface area contributed by atoms with Gasteiger partial charge < -0.3 is 24.8 Å². The fourth-order valence-electron chi connectivity index (χ4n) is 8.07. The summed E-state index contributed by atoms with van der Waals surface area (Å²) in [4.78, 5) is 61.3. The number of nitrogens with one attached hydrogen (secondary N) is 2. The highest BCUT2D eigenvalue weighted by Crippen LogP contribution is 2.47. The van der Waals surface area contributed by atoms with Crippen molar-refractivity contribution in [2.45, 2.75) is 113 Å². The number of methoxy groups -OCH3 is 1. The van der Waals surface area contributed by atoms with Crippen molar-refractivity contribution in [1.29, 1.82) is 0 Å². The largest absolute Gasteiger partial charge is 0.494 e. The quantitative estimate of drug-likeness (QED) is 0.244. The Balaban J connectivity index is 1.43. The summed E-state index contributed by atoms with van der Waals surface area (Å²) in [6, 6.07) is 0.758. The zero-order chi connectivity index (χ0) is 41.8. The molecule has 2 aliphatic carbocycles. The van der Waals surface area contributed by atoms with Gasteiger partial charge in [0.25, 0.3) is 5.91 Å². The number of ether oxygens (including phenoxy) is 2. The smallest absolute Gasteiger partial charge is 0.411 e. The van der Waals surface area contributed by atoms with E-state index in [1.807, 2.05) is 6.92 Å². The van der Waals surface area contributed by atoms with E-state index in [4.69, 9.17) is 9.47 Å². The van der Waals surface area contributed by atoms with Gasteiger partial charge in [-0.05, 0) is 82.4 Å². The Bertz CT molecular complexity index is 2080. The molecule has 7 atom stereocenters. The van der Waals surface area contributed by atoms with Crippen LogP contribution in [0.1, 0.15) is 72.6 Å². The van der Waals surface area contributed by atoms with E-state index >= 15 is 4.39 Å². The number of carbonyl (C=O) groups excluding carboxylic acids is 3. The molecule has 19 heteroatoms. The van der Waals surface area contributed by atoms with E-state index in [1.54, 1.807) is 12.2 Å². The monoisotopic (exact) mass is 825 g/mol. The van der Waals surface area contributed by atoms with E-state index < -0.39 is 98.7 Å². The second-order valence-corrected chi connectivity index (χ2v) is 18.2. The van der Waals surface area contributed by atoms with E-state index in [0.29, 0.717) is 39.5 Å². The molecule has 0 radical (unpaired) electrons. The summed E-state index contributed by atoms with van der Waals surface area (Å²) in [6.45, 7) is 4.20. The van der Waals surface area contributed by atoms with Gasteiger partial charge in [0.05, 0.1) is 18.9 Å². The van der Waals surface area contributed by atoms with Crippen LogP contribution in [0.5, 0.6) is 11.6 Å². The number of aromatic nitrogens is 1. The molecule has 3 fully saturated rings. The van der Waals surface area contributed by atoms with Gasteiger partial charge in [-0.25, -0.2) is 22.6 Å². The first-order valence-corrected chi connectivity index (χ1v) is 20.4. The molecule has 2 aromatic rings. The van der Waals surface area contributed by atoms with E-state index in [1.165, 1.54) is 38.4 Å². The summed E-state index contributed by atoms with van der Waals surface area (Å²) in [5.41, 5.74) is -4.80. The van der Waals surface area contributed by atoms with Crippen molar-refractivity contribution < 1.29 is 59.7 Å². The number of pyridine rings is 1. The number of hydrogen-bond acceptors (Lipinski definition) is 9. The van der Waals surface area contributed by atoms with Crippen molar-refractivity contribution in [3.05, 3.63) is 42.4 Å². The molecule has 1 aromatic carbocycles. The minimum atomic E-state index is -5.12. The predicted octanol–water partition coefficient (Wildman–Crippen LogP) is 4.92. The second kappa shape index (κ2) is 15.2. The van der Waals surface area contributed by atoms with Crippen LogP contribution in [0.15, 0.2) is 36.5 Å². The van der Waals surface area contributed by atoms with Crippen molar-refractivity contribution in [2.75, 3.05) is 13.7 Å². The van der Waals surface area contributed by atoms with Crippen LogP contribution in [0.2, 0.25) is 0 Å². The van der Waals surface area contributed by atoms with Gasteiger partial charge in [0, 0.05) is 29.3 Å². The molecule has 3 N–H and O–H groups in total. The minimum absolute atomic E-state index is 0.0264. The number of carboxylic acid groups (broad SMARTS) is 1. The lowest BCUT2D eigenvalue weighted by Crippen LogP contribution is -2.66. The molecule has 0 spiro atoms. The molecular formula is C38H47F4N5O9S. The van der Waals surface area contributed by atoms with Crippen LogP contribution in [0, 0.1) is 23.6 Å². The summed E-state index contributed by atoms with van der Waals surface area (Å²) in [5, 5.41) is 12.6. The highest BCUT2D eigenvalue weighted by molar-refractivity contribution is 7.91. The van der Waals surface area contributed by atoms with Crippen LogP contribution in [0.25, 0.3) is 10.8 Å². The van der Waals surface area contributed by atoms with Gasteiger partial charge in [0.15, 0.2) is 11.6 Å². The number of rotatable bonds is 8. The summed E-state index contributed by atoms with van der Waals surface area (Å²) >= 11 is 0. The van der Waals surface area contributed by atoms with Gasteiger partial charge in [0.2, 0.25) is 27.7 Å². The molecule has 312 valence electrons. The molecule has 57 heavy (non-hydrogen) atoms. The zero-order valence-electron chi connectivity index (χ0n) is 32.1. The van der Waals surface area contributed by atoms with Gasteiger partial charge in [-0.1, -0.05) is 26.0 Å². The Labute approximate surface area is 327 Å². The lowest BCUT2D eigenvalue weighted by atomic mass is 9.85. The second-order valence-electron chi connectivity index (χ2n) is 16.2. The fraction of sp³-hybridized carbons (Fsp3) is 0.605. The number of halogens is 4. The third-order valence-electron chi connectivity index (χ3n) is 11.7. The average Bonchev–Trinajstić information content (AvgIpc) is 4.05. The Hall–Kier alpha value is -4.68. The maximum absolute atomic E-state index is 15.2. The van der Waals surface area contributed by atoms with E-state index in [2.05, 4.69) is 15.0 Å². The molecule has 6 rings (SSSR count). The summed E-state index contributed by atoms with van der Waals surface area (Å²) < 4.78 is 98.3. The third kappa shape index (κ3) is 8.08. The number of fused-ring (bicyclic) bond motifs is 3. The summed E-state index contributed by atoms with van der Waals surface area (Å²) in [6.07, 6.45) is -1.93. The summed E-state index contributed by atoms with van der Waals surface area (Å²) in [7, 11) is -2.75. The van der Waals surface area contributed by atoms with E-state index in [-0.39, 0.29) is 52.5 Å². The number of hydrogen-bond donors (Lipinski definition) is 3. The Kier molecular flexibility index (Phi) is 11.2. The third-order valence-corrected chi connectivity index (χ3v) is 13.5. The predicted molar refractivity (Wildman–Crippen MR) is 197 cm³/mol. The molecule has 3 heterocycles. The molecule has 14 nitrogen and oxygen atoms in total. The number of allylic oxidation sites excluding steroid dienone is 1. The molecule has 0 bridgehead atoms. The molecule has 4 amide bonds. The van der Waals surface area contributed by atoms with Crippen LogP contribution < -0.4 is 19.5 Å². The normalized spacial score (nSPS) is 29.2. The molecule has 0 unspecified atom stereocenters. The minimum Gasteiger partial charge on any atom is -0.494 e. The maximum Gasteiger partial charge on any atom is 0.411 e. The van der Waals surface area contributed by atoms with Crippen LogP contribution >= 0.6 is 0 Å². The molecule has 2 saturated carbocycles. The number of amides is 4. The number of nitrogens with zero attached hydrogens (tertiary/aromatic N) is 3. The number of sulfonamides is 1. The number of benzene rings is 1. The van der Waals surface area contributed by atoms with Gasteiger partial charge in [-0.15, -0.1) is 0 Å². The SMILES string of the molecule is COc1ccc2c(O[C@@H]3C[C@H]4C(=O)N[C@]5(C(=O)NS(=O)(=O)C6CC6)C[C@H]5/C=C\CC[C@@H](C)C[C@@H](C)[C@H](N(C(=O)O)C(C)(C)C(F)(F)F)C(=O)N4C3)nccc2c1F. The molecule has 1 aromatic heterocycles. The summed E-state index contributed by atoms with van der Waals surface area (Å²) in [5.74, 6) is -5.67. The molecule has 4 aliphatic rings. The Morgan fingerprint density at radius 1 is 1.09 bits per heavy atom. The number of alkyl halides is 3. The Morgan fingerprint density at radius 2 is 1.79 bits per heavy atom. The van der Waals surface area contributed by atoms with Crippen LogP contribution in [-0.2, 0) is 24.4 Å². The van der Waals surface area contributed by atoms with Gasteiger partial charge in [-0.2, -0.15) is 13.2 Å². The Morgan fingerprint density at radius 3 is 2.42 bits per heavy atom. The van der Waals surface area contributed by atoms with Gasteiger partial charge in [0.1, 0.15) is 29.3 Å². The van der Waals surface area contributed by atoms with E-state index in [0.717, 1.165) is 4.90 Å². The lowest BCUT2D eigenvalue weighted by molar-refractivity contribution is -0.222. The van der Waals surface area contributed by atoms with Gasteiger partial charge in [-0.3, -0.25) is 24.0 Å². The highest BCUT2D eigenvalue weighted by atomic mass is 32.2. The van der Waals surface area contributed by atoms with Gasteiger partial charge >= 0.3 is 12.3 Å². The van der Waals surface area contributed by atoms with Crippen molar-refractivity contribution in [3.63, 3.8) is 0 Å². The van der Waals surface area contributed by atoms with E-state index in [9.17, 15) is 45.9 Å². The standard InChI is InChI=1S/C38H47F4N5O9S/c1-20-8-6-7-9-22-18-37(22,34(50)45-57(53,54)24-10-11-24)44-31(48)27-17-23(56-32-26-12-13-28(55-5)29(39)25(26)14-15-43-32)19-46(27)33(49)30(21(2)16-20)47(35(51)52)36(3,4)38(40,41)42/h7,9,12-15,20-24,27,30H,6,8,10-11,16-19H2,1-5H3,(H,44,48)(H,45,50)(H,51,52)/b9-7-/t20-,21-,22-,23-,27+,30+,37-/m1/s1. The van der Waals surface area contributed by atoms with Crippen molar-refractivity contribution in [2.24, 2.45) is 17.8 Å². The average molecular weight is 826 g/mol. The van der Waals surface area contributed by atoms with Crippen LogP contribution in [-0.4, -0.2) is 106 Å². The topological polar surface area (TPSA) is 185 Å². The van der Waals surface area contributed by atoms with Crippen LogP contribution in [0.3, 0.4) is 0 Å².